The molecule has 0 spiro atoms. The highest BCUT2D eigenvalue weighted by atomic mass is 32.2. The van der Waals surface area contributed by atoms with E-state index in [2.05, 4.69) is 25.7 Å². The van der Waals surface area contributed by atoms with Crippen LogP contribution >= 0.6 is 0 Å². The third-order valence-corrected chi connectivity index (χ3v) is 9.97. The van der Waals surface area contributed by atoms with Gasteiger partial charge in [0.1, 0.15) is 17.4 Å². The topological polar surface area (TPSA) is 200 Å². The molecule has 15 nitrogen and oxygen atoms in total. The van der Waals surface area contributed by atoms with Crippen molar-refractivity contribution in [3.63, 3.8) is 0 Å². The first kappa shape index (κ1) is 38.5. The third kappa shape index (κ3) is 9.88. The summed E-state index contributed by atoms with van der Waals surface area (Å²) in [7, 11) is -1.26. The Morgan fingerprint density at radius 1 is 1.02 bits per heavy atom. The second kappa shape index (κ2) is 17.0. The molecule has 4 rings (SSSR count). The van der Waals surface area contributed by atoms with Crippen LogP contribution in [0.15, 0.2) is 64.7 Å². The molecule has 2 heterocycles. The lowest BCUT2D eigenvalue weighted by atomic mass is 10.1. The Hall–Kier alpha value is -5.35. The van der Waals surface area contributed by atoms with E-state index in [1.54, 1.807) is 61.1 Å². The summed E-state index contributed by atoms with van der Waals surface area (Å²) in [6.45, 7) is 5.16. The number of amides is 2. The predicted molar refractivity (Wildman–Crippen MR) is 191 cm³/mol. The molecule has 0 aliphatic rings. The van der Waals surface area contributed by atoms with Crippen LogP contribution in [0.4, 0.5) is 5.95 Å². The fraction of sp³-hybridized carbons (Fsp3) is 0.371. The maximum absolute atomic E-state index is 13.7. The maximum Gasteiger partial charge on any atom is 0.325 e. The summed E-state index contributed by atoms with van der Waals surface area (Å²) in [5.41, 5.74) is 1.53. The monoisotopic (exact) mass is 721 g/mol. The number of nitrogens with zero attached hydrogens (tertiary/aromatic N) is 3. The first-order valence-electron chi connectivity index (χ1n) is 16.3. The van der Waals surface area contributed by atoms with Crippen LogP contribution in [0.5, 0.6) is 0 Å². The minimum Gasteiger partial charge on any atom is -0.468 e. The number of rotatable bonds is 17. The van der Waals surface area contributed by atoms with Gasteiger partial charge in [0.15, 0.2) is 0 Å². The predicted octanol–water partition coefficient (Wildman–Crippen LogP) is 2.09. The SMILES string of the molecule is COC(=O)[C@H](CNC(=O)c1cn(CCCNC(=O)CCC(C)=O)c2cc(CNc3nccn3C)ccc2c1=O)NS(=O)(=O)c1c(C)cccc1C. The number of ketones is 1. The number of hydrogen-bond acceptors (Lipinski definition) is 10. The van der Waals surface area contributed by atoms with Crippen molar-refractivity contribution in [1.82, 2.24) is 29.5 Å². The molecule has 0 bridgehead atoms. The van der Waals surface area contributed by atoms with Crippen LogP contribution in [-0.4, -0.2) is 72.3 Å². The summed E-state index contributed by atoms with van der Waals surface area (Å²) in [5, 5.41) is 8.80. The van der Waals surface area contributed by atoms with E-state index >= 15 is 0 Å². The smallest absolute Gasteiger partial charge is 0.325 e. The van der Waals surface area contributed by atoms with E-state index in [1.165, 1.54) is 13.1 Å². The van der Waals surface area contributed by atoms with Crippen molar-refractivity contribution >= 4 is 50.4 Å². The number of nitrogens with one attached hydrogen (secondary N) is 4. The molecule has 51 heavy (non-hydrogen) atoms. The molecule has 0 aliphatic carbocycles. The molecule has 0 saturated carbocycles. The zero-order valence-electron chi connectivity index (χ0n) is 29.2. The van der Waals surface area contributed by atoms with Crippen molar-refractivity contribution in [3.8, 4) is 0 Å². The van der Waals surface area contributed by atoms with E-state index in [0.29, 0.717) is 42.1 Å². The number of methoxy groups -OCH3 is 1. The van der Waals surface area contributed by atoms with Crippen LogP contribution in [-0.2, 0) is 49.3 Å². The molecule has 2 aromatic carbocycles. The van der Waals surface area contributed by atoms with Gasteiger partial charge in [-0.05, 0) is 56.0 Å². The molecule has 1 atom stereocenters. The Morgan fingerprint density at radius 3 is 2.39 bits per heavy atom. The number of ether oxygens (including phenoxy) is 1. The molecular weight excluding hydrogens is 678 g/mol. The maximum atomic E-state index is 13.7. The number of anilines is 1. The zero-order valence-corrected chi connectivity index (χ0v) is 30.1. The number of imidazole rings is 1. The summed E-state index contributed by atoms with van der Waals surface area (Å²) in [4.78, 5) is 67.5. The van der Waals surface area contributed by atoms with Gasteiger partial charge in [-0.1, -0.05) is 24.3 Å². The Bertz CT molecular complexity index is 2090. The molecular formula is C35H43N7O8S. The van der Waals surface area contributed by atoms with Gasteiger partial charge >= 0.3 is 5.97 Å². The second-order valence-corrected chi connectivity index (χ2v) is 13.8. The molecule has 2 aromatic heterocycles. The Labute approximate surface area is 295 Å². The highest BCUT2D eigenvalue weighted by Gasteiger charge is 2.29. The second-order valence-electron chi connectivity index (χ2n) is 12.2. The van der Waals surface area contributed by atoms with Crippen LogP contribution in [0.25, 0.3) is 10.9 Å². The normalized spacial score (nSPS) is 11.9. The quantitative estimate of drug-likeness (QED) is 0.0925. The number of Topliss-reactive ketones (excluding diaryl/α,β-unsaturated/α-hetero) is 1. The Kier molecular flexibility index (Phi) is 12.9. The number of hydrogen-bond donors (Lipinski definition) is 4. The number of carbonyl (C=O) groups is 4. The van der Waals surface area contributed by atoms with E-state index in [4.69, 9.17) is 4.74 Å². The fourth-order valence-corrected chi connectivity index (χ4v) is 7.20. The van der Waals surface area contributed by atoms with Crippen LogP contribution in [0.1, 0.15) is 53.2 Å². The molecule has 0 aliphatic heterocycles. The van der Waals surface area contributed by atoms with E-state index in [-0.39, 0.29) is 46.9 Å². The lowest BCUT2D eigenvalue weighted by molar-refractivity contribution is -0.142. The van der Waals surface area contributed by atoms with Gasteiger partial charge in [-0.15, -0.1) is 0 Å². The average molecular weight is 722 g/mol. The number of carbonyl (C=O) groups excluding carboxylic acids is 4. The van der Waals surface area contributed by atoms with Crippen molar-refractivity contribution in [2.24, 2.45) is 7.05 Å². The molecule has 272 valence electrons. The summed E-state index contributed by atoms with van der Waals surface area (Å²) in [6.07, 6.45) is 5.54. The number of fused-ring (bicyclic) bond motifs is 1. The van der Waals surface area contributed by atoms with Crippen molar-refractivity contribution in [2.75, 3.05) is 25.5 Å². The third-order valence-electron chi connectivity index (χ3n) is 8.19. The molecule has 4 N–H and O–H groups in total. The highest BCUT2D eigenvalue weighted by Crippen LogP contribution is 2.20. The summed E-state index contributed by atoms with van der Waals surface area (Å²) < 4.78 is 37.3. The van der Waals surface area contributed by atoms with E-state index in [0.717, 1.165) is 12.7 Å². The zero-order chi connectivity index (χ0) is 37.3. The Balaban J connectivity index is 1.59. The highest BCUT2D eigenvalue weighted by molar-refractivity contribution is 7.89. The molecule has 4 aromatic rings. The van der Waals surface area contributed by atoms with Crippen LogP contribution < -0.4 is 26.1 Å². The van der Waals surface area contributed by atoms with Gasteiger partial charge in [0.05, 0.1) is 17.5 Å². The first-order chi connectivity index (χ1) is 24.2. The van der Waals surface area contributed by atoms with E-state index < -0.39 is 39.9 Å². The number of pyridine rings is 1. The lowest BCUT2D eigenvalue weighted by Gasteiger charge is -2.19. The molecule has 2 amide bonds. The van der Waals surface area contributed by atoms with Crippen molar-refractivity contribution in [1.29, 1.82) is 0 Å². The minimum absolute atomic E-state index is 0.00664. The molecule has 0 radical (unpaired) electrons. The van der Waals surface area contributed by atoms with E-state index in [9.17, 15) is 32.4 Å². The van der Waals surface area contributed by atoms with Crippen molar-refractivity contribution < 1.29 is 32.3 Å². The van der Waals surface area contributed by atoms with Gasteiger partial charge in [-0.2, -0.15) is 4.72 Å². The van der Waals surface area contributed by atoms with E-state index in [1.807, 2.05) is 17.7 Å². The first-order valence-corrected chi connectivity index (χ1v) is 17.8. The molecule has 0 saturated heterocycles. The minimum atomic E-state index is -4.21. The standard InChI is InChI=1S/C35H43N7O8S/c1-22-8-6-9-23(2)32(22)51(48,49)40-28(34(47)50-5)20-38-33(46)27-21-42(16-7-14-36-30(44)13-10-24(3)43)29-18-25(11-12-26(29)31(27)45)19-39-35-37-15-17-41(35)4/h6,8-9,11-12,15,17-18,21,28,40H,7,10,13-14,16,19-20H2,1-5H3,(H,36,44)(H,37,39)(H,38,46)/t28-/m0/s1. The van der Waals surface area contributed by atoms with Gasteiger partial charge in [0, 0.05) is 70.0 Å². The molecule has 16 heteroatoms. The molecule has 0 fully saturated rings. The average Bonchev–Trinajstić information content (AvgIpc) is 3.50. The number of sulfonamides is 1. The van der Waals surface area contributed by atoms with Crippen LogP contribution in [0.2, 0.25) is 0 Å². The molecule has 0 unspecified atom stereocenters. The van der Waals surface area contributed by atoms with Crippen LogP contribution in [0, 0.1) is 13.8 Å². The number of aromatic nitrogens is 3. The van der Waals surface area contributed by atoms with Gasteiger partial charge in [-0.3, -0.25) is 19.2 Å². The van der Waals surface area contributed by atoms with Crippen LogP contribution in [0.3, 0.4) is 0 Å². The summed E-state index contributed by atoms with van der Waals surface area (Å²) in [5.74, 6) is -1.44. The number of benzene rings is 2. The fourth-order valence-electron chi connectivity index (χ4n) is 5.54. The lowest BCUT2D eigenvalue weighted by Crippen LogP contribution is -2.49. The van der Waals surface area contributed by atoms with Gasteiger partial charge in [0.2, 0.25) is 27.3 Å². The summed E-state index contributed by atoms with van der Waals surface area (Å²) in [6, 6.07) is 8.69. The number of aryl methyl sites for hydroxylation is 4. The van der Waals surface area contributed by atoms with Gasteiger partial charge in [-0.25, -0.2) is 13.4 Å². The van der Waals surface area contributed by atoms with Crippen molar-refractivity contribution in [2.45, 2.75) is 64.1 Å². The largest absolute Gasteiger partial charge is 0.468 e. The summed E-state index contributed by atoms with van der Waals surface area (Å²) >= 11 is 0. The number of esters is 1. The van der Waals surface area contributed by atoms with Gasteiger partial charge < -0.3 is 34.6 Å². The van der Waals surface area contributed by atoms with Crippen molar-refractivity contribution in [3.05, 3.63) is 87.5 Å². The Morgan fingerprint density at radius 2 is 1.75 bits per heavy atom. The van der Waals surface area contributed by atoms with Gasteiger partial charge in [0.25, 0.3) is 5.91 Å².